The van der Waals surface area contributed by atoms with Gasteiger partial charge in [-0.1, -0.05) is 12.1 Å². The summed E-state index contributed by atoms with van der Waals surface area (Å²) in [5.74, 6) is 1.12. The molecule has 1 aromatic heterocycles. The molecule has 0 fully saturated rings. The van der Waals surface area contributed by atoms with Crippen molar-refractivity contribution in [3.8, 4) is 11.5 Å². The molecule has 0 spiro atoms. The highest BCUT2D eigenvalue weighted by Gasteiger charge is 2.28. The van der Waals surface area contributed by atoms with Crippen LogP contribution in [-0.4, -0.2) is 53.8 Å². The highest BCUT2D eigenvalue weighted by molar-refractivity contribution is 6.04. The number of rotatable bonds is 7. The van der Waals surface area contributed by atoms with Crippen LogP contribution in [0.5, 0.6) is 11.5 Å². The van der Waals surface area contributed by atoms with Crippen LogP contribution in [0.1, 0.15) is 43.1 Å². The summed E-state index contributed by atoms with van der Waals surface area (Å²) in [4.78, 5) is 31.6. The zero-order chi connectivity index (χ0) is 24.8. The molecule has 0 bridgehead atoms. The molecule has 8 heteroatoms. The molecule has 0 atom stereocenters. The molecule has 184 valence electrons. The van der Waals surface area contributed by atoms with E-state index in [0.29, 0.717) is 38.3 Å². The number of aromatic nitrogens is 1. The van der Waals surface area contributed by atoms with Gasteiger partial charge in [0.25, 0.3) is 5.91 Å². The summed E-state index contributed by atoms with van der Waals surface area (Å²) in [6.07, 6.45) is 1.63. The minimum atomic E-state index is -0.709. The summed E-state index contributed by atoms with van der Waals surface area (Å²) in [6.45, 7) is 7.93. The Morgan fingerprint density at radius 2 is 1.86 bits per heavy atom. The molecule has 2 amide bonds. The minimum Gasteiger partial charge on any atom is -0.486 e. The van der Waals surface area contributed by atoms with E-state index in [1.807, 2.05) is 30.3 Å². The number of hydrogen-bond donors (Lipinski definition) is 1. The second-order valence-electron chi connectivity index (χ2n) is 9.36. The van der Waals surface area contributed by atoms with Gasteiger partial charge >= 0.3 is 6.09 Å². The molecule has 0 saturated carbocycles. The molecular formula is C27H31N3O5. The van der Waals surface area contributed by atoms with Gasteiger partial charge in [-0.3, -0.25) is 9.78 Å². The maximum Gasteiger partial charge on any atom is 0.417 e. The first-order valence-electron chi connectivity index (χ1n) is 11.8. The molecule has 1 aliphatic rings. The second-order valence-corrected chi connectivity index (χ2v) is 9.36. The van der Waals surface area contributed by atoms with Crippen LogP contribution < -0.4 is 14.8 Å². The van der Waals surface area contributed by atoms with Gasteiger partial charge in [0, 0.05) is 30.2 Å². The van der Waals surface area contributed by atoms with Gasteiger partial charge in [0.15, 0.2) is 11.5 Å². The van der Waals surface area contributed by atoms with Crippen molar-refractivity contribution in [1.29, 1.82) is 0 Å². The third kappa shape index (κ3) is 6.48. The van der Waals surface area contributed by atoms with Crippen LogP contribution in [0.25, 0.3) is 10.9 Å². The predicted molar refractivity (Wildman–Crippen MR) is 133 cm³/mol. The largest absolute Gasteiger partial charge is 0.486 e. The summed E-state index contributed by atoms with van der Waals surface area (Å²) < 4.78 is 16.7. The van der Waals surface area contributed by atoms with Crippen molar-refractivity contribution in [2.24, 2.45) is 0 Å². The summed E-state index contributed by atoms with van der Waals surface area (Å²) in [5, 5.41) is 4.20. The molecule has 4 rings (SSSR count). The van der Waals surface area contributed by atoms with E-state index in [1.165, 1.54) is 4.90 Å². The average molecular weight is 478 g/mol. The number of pyridine rings is 1. The summed E-state index contributed by atoms with van der Waals surface area (Å²) in [6, 6.07) is 14.8. The Bertz CT molecular complexity index is 1200. The zero-order valence-electron chi connectivity index (χ0n) is 20.4. The second kappa shape index (κ2) is 10.7. The number of carbonyl (C=O) groups excluding carboxylic acids is 2. The molecule has 2 aromatic carbocycles. The van der Waals surface area contributed by atoms with Crippen molar-refractivity contribution in [2.75, 3.05) is 26.3 Å². The Kier molecular flexibility index (Phi) is 7.51. The molecule has 0 unspecified atom stereocenters. The first-order chi connectivity index (χ1) is 16.8. The third-order valence-corrected chi connectivity index (χ3v) is 5.38. The molecule has 35 heavy (non-hydrogen) atoms. The van der Waals surface area contributed by atoms with Crippen LogP contribution in [0.15, 0.2) is 54.7 Å². The lowest BCUT2D eigenvalue weighted by molar-refractivity contribution is 0.0239. The van der Waals surface area contributed by atoms with Crippen molar-refractivity contribution in [1.82, 2.24) is 15.2 Å². The van der Waals surface area contributed by atoms with Gasteiger partial charge in [-0.15, -0.1) is 0 Å². The third-order valence-electron chi connectivity index (χ3n) is 5.38. The summed E-state index contributed by atoms with van der Waals surface area (Å²) >= 11 is 0. The van der Waals surface area contributed by atoms with Gasteiger partial charge in [-0.2, -0.15) is 0 Å². The van der Waals surface area contributed by atoms with E-state index in [9.17, 15) is 9.59 Å². The van der Waals surface area contributed by atoms with E-state index >= 15 is 0 Å². The van der Waals surface area contributed by atoms with Gasteiger partial charge < -0.3 is 19.5 Å². The SMILES string of the molecule is CC(C)(C)OC(=O)N(CCCNCc1ccc2c(c1)OCCO2)C(=O)c1ccc2ncccc2c1. The van der Waals surface area contributed by atoms with E-state index in [2.05, 4.69) is 10.3 Å². The standard InChI is InChI=1S/C27H31N3O5/c1-27(2,3)35-26(32)30(25(31)21-8-9-22-20(17-21)6-4-12-29-22)13-5-11-28-18-19-7-10-23-24(16-19)34-15-14-33-23/h4,6-10,12,16-17,28H,5,11,13-15,18H2,1-3H3. The normalized spacial score (nSPS) is 12.9. The van der Waals surface area contributed by atoms with Crippen molar-refractivity contribution in [2.45, 2.75) is 39.3 Å². The number of amides is 2. The van der Waals surface area contributed by atoms with Crippen LogP contribution in [0.4, 0.5) is 4.79 Å². The van der Waals surface area contributed by atoms with Gasteiger partial charge in [0.2, 0.25) is 0 Å². The lowest BCUT2D eigenvalue weighted by atomic mass is 10.1. The fourth-order valence-corrected chi connectivity index (χ4v) is 3.75. The van der Waals surface area contributed by atoms with Crippen molar-refractivity contribution in [3.05, 3.63) is 65.9 Å². The number of hydrogen-bond acceptors (Lipinski definition) is 7. The Labute approximate surface area is 205 Å². The molecule has 1 N–H and O–H groups in total. The Morgan fingerprint density at radius 1 is 1.06 bits per heavy atom. The molecule has 2 heterocycles. The summed E-state index contributed by atoms with van der Waals surface area (Å²) in [7, 11) is 0. The maximum absolute atomic E-state index is 13.3. The quantitative estimate of drug-likeness (QED) is 0.499. The van der Waals surface area contributed by atoms with Crippen molar-refractivity contribution < 1.29 is 23.8 Å². The van der Waals surface area contributed by atoms with Crippen LogP contribution >= 0.6 is 0 Å². The van der Waals surface area contributed by atoms with Crippen molar-refractivity contribution in [3.63, 3.8) is 0 Å². The maximum atomic E-state index is 13.3. The molecule has 8 nitrogen and oxygen atoms in total. The lowest BCUT2D eigenvalue weighted by Crippen LogP contribution is -2.42. The Hall–Kier alpha value is -3.65. The van der Waals surface area contributed by atoms with Gasteiger partial charge in [0.05, 0.1) is 5.52 Å². The van der Waals surface area contributed by atoms with Gasteiger partial charge in [-0.25, -0.2) is 9.69 Å². The molecule has 0 radical (unpaired) electrons. The highest BCUT2D eigenvalue weighted by Crippen LogP contribution is 2.30. The number of nitrogens with one attached hydrogen (secondary N) is 1. The molecule has 0 aliphatic carbocycles. The summed E-state index contributed by atoms with van der Waals surface area (Å²) in [5.41, 5.74) is 1.57. The first-order valence-corrected chi connectivity index (χ1v) is 11.8. The zero-order valence-corrected chi connectivity index (χ0v) is 20.4. The van der Waals surface area contributed by atoms with Crippen LogP contribution in [0.3, 0.4) is 0 Å². The first kappa shape index (κ1) is 24.5. The topological polar surface area (TPSA) is 90.0 Å². The number of imide groups is 1. The van der Waals surface area contributed by atoms with E-state index in [-0.39, 0.29) is 6.54 Å². The predicted octanol–water partition coefficient (Wildman–Crippen LogP) is 4.56. The number of ether oxygens (including phenoxy) is 3. The monoisotopic (exact) mass is 477 g/mol. The number of carbonyl (C=O) groups is 2. The fourth-order valence-electron chi connectivity index (χ4n) is 3.75. The number of fused-ring (bicyclic) bond motifs is 2. The van der Waals surface area contributed by atoms with Gasteiger partial charge in [-0.05, 0) is 75.7 Å². The highest BCUT2D eigenvalue weighted by atomic mass is 16.6. The molecule has 0 saturated heterocycles. The van der Waals surface area contributed by atoms with E-state index in [1.54, 1.807) is 45.2 Å². The van der Waals surface area contributed by atoms with E-state index in [4.69, 9.17) is 14.2 Å². The number of nitrogens with zero attached hydrogens (tertiary/aromatic N) is 2. The van der Waals surface area contributed by atoms with E-state index < -0.39 is 17.6 Å². The van der Waals surface area contributed by atoms with Crippen LogP contribution in [0.2, 0.25) is 0 Å². The van der Waals surface area contributed by atoms with Crippen LogP contribution in [0, 0.1) is 0 Å². The number of benzene rings is 2. The van der Waals surface area contributed by atoms with Gasteiger partial charge in [0.1, 0.15) is 18.8 Å². The Morgan fingerprint density at radius 3 is 2.66 bits per heavy atom. The average Bonchev–Trinajstić information content (AvgIpc) is 2.84. The van der Waals surface area contributed by atoms with Crippen LogP contribution in [-0.2, 0) is 11.3 Å². The lowest BCUT2D eigenvalue weighted by Gasteiger charge is -2.26. The fraction of sp³-hybridized carbons (Fsp3) is 0.370. The molecule has 3 aromatic rings. The Balaban J connectivity index is 1.38. The minimum absolute atomic E-state index is 0.229. The van der Waals surface area contributed by atoms with E-state index in [0.717, 1.165) is 28.0 Å². The molecule has 1 aliphatic heterocycles. The smallest absolute Gasteiger partial charge is 0.417 e. The molecular weight excluding hydrogens is 446 g/mol. The van der Waals surface area contributed by atoms with Crippen molar-refractivity contribution >= 4 is 22.9 Å².